The van der Waals surface area contributed by atoms with E-state index in [4.69, 9.17) is 23.2 Å². The number of halogens is 4. The van der Waals surface area contributed by atoms with Crippen LogP contribution in [-0.4, -0.2) is 10.4 Å². The summed E-state index contributed by atoms with van der Waals surface area (Å²) in [6.45, 7) is 5.33. The van der Waals surface area contributed by atoms with Crippen molar-refractivity contribution >= 4 is 52.5 Å². The largest absolute Gasteiger partial charge is 0.294 e. The summed E-state index contributed by atoms with van der Waals surface area (Å²) in [5, 5.41) is 0.325. The highest BCUT2D eigenvalue weighted by molar-refractivity contribution is 7.07. The number of aromatic nitrogens is 1. The van der Waals surface area contributed by atoms with Gasteiger partial charge in [0.1, 0.15) is 16.3 Å². The Bertz CT molecular complexity index is 1320. The number of nitrogens with zero attached hydrogens (tertiary/aromatic N) is 1. The second-order valence-electron chi connectivity index (χ2n) is 7.97. The third-order valence-electron chi connectivity index (χ3n) is 4.55. The van der Waals surface area contributed by atoms with Crippen LogP contribution in [0.1, 0.15) is 31.9 Å². The van der Waals surface area contributed by atoms with Gasteiger partial charge in [-0.15, -0.1) is 11.3 Å². The third kappa shape index (κ3) is 5.32. The molecule has 162 valence electrons. The molecule has 31 heavy (non-hydrogen) atoms. The molecule has 8 heteroatoms. The van der Waals surface area contributed by atoms with Crippen molar-refractivity contribution in [3.63, 3.8) is 0 Å². The Morgan fingerprint density at radius 3 is 2.45 bits per heavy atom. The number of carbonyl (C=O) groups excluding carboxylic acids is 1. The van der Waals surface area contributed by atoms with E-state index in [1.807, 2.05) is 0 Å². The lowest BCUT2D eigenvalue weighted by molar-refractivity contribution is -0.120. The summed E-state index contributed by atoms with van der Waals surface area (Å²) in [6.07, 6.45) is 2.76. The predicted molar refractivity (Wildman–Crippen MR) is 122 cm³/mol. The number of hydrogen-bond acceptors (Lipinski definition) is 3. The number of carbonyl (C=O) groups is 1. The van der Waals surface area contributed by atoms with Gasteiger partial charge >= 0.3 is 0 Å². The van der Waals surface area contributed by atoms with Crippen LogP contribution in [0.5, 0.6) is 0 Å². The fraction of sp³-hybridized carbons (Fsp3) is 0.217. The van der Waals surface area contributed by atoms with E-state index in [9.17, 15) is 18.4 Å². The second kappa shape index (κ2) is 9.07. The van der Waals surface area contributed by atoms with E-state index in [1.165, 1.54) is 47.1 Å². The molecular formula is C23H19Cl2F2NO2S. The monoisotopic (exact) mass is 481 g/mol. The third-order valence-corrected chi connectivity index (χ3v) is 6.29. The van der Waals surface area contributed by atoms with Gasteiger partial charge in [0.15, 0.2) is 5.78 Å². The van der Waals surface area contributed by atoms with Crippen LogP contribution in [-0.2, 0) is 11.3 Å². The lowest BCUT2D eigenvalue weighted by atomic mass is 9.91. The molecule has 1 aromatic heterocycles. The molecule has 0 aliphatic heterocycles. The van der Waals surface area contributed by atoms with Crippen molar-refractivity contribution in [2.75, 3.05) is 0 Å². The molecule has 0 amide bonds. The van der Waals surface area contributed by atoms with Crippen LogP contribution < -0.4 is 14.8 Å². The maximum atomic E-state index is 14.2. The first-order valence-electron chi connectivity index (χ1n) is 9.33. The van der Waals surface area contributed by atoms with E-state index in [0.717, 1.165) is 17.4 Å². The van der Waals surface area contributed by atoms with E-state index >= 15 is 0 Å². The molecule has 3 aromatic rings. The van der Waals surface area contributed by atoms with E-state index in [2.05, 4.69) is 0 Å². The van der Waals surface area contributed by atoms with Gasteiger partial charge in [0.2, 0.25) is 0 Å². The van der Waals surface area contributed by atoms with Crippen LogP contribution in [0.25, 0.3) is 12.2 Å². The average molecular weight is 482 g/mol. The summed E-state index contributed by atoms with van der Waals surface area (Å²) in [6, 6.07) is 8.13. The van der Waals surface area contributed by atoms with Gasteiger partial charge in [0, 0.05) is 22.1 Å². The smallest absolute Gasteiger partial charge is 0.269 e. The highest BCUT2D eigenvalue weighted by atomic mass is 35.5. The fourth-order valence-electron chi connectivity index (χ4n) is 2.72. The molecule has 0 aliphatic carbocycles. The molecule has 3 rings (SSSR count). The second-order valence-corrected chi connectivity index (χ2v) is 9.85. The van der Waals surface area contributed by atoms with Crippen LogP contribution in [0.2, 0.25) is 10.0 Å². The molecule has 0 atom stereocenters. The van der Waals surface area contributed by atoms with Crippen LogP contribution >= 0.6 is 34.5 Å². The molecule has 0 saturated carbocycles. The number of benzene rings is 2. The quantitative estimate of drug-likeness (QED) is 0.538. The van der Waals surface area contributed by atoms with Gasteiger partial charge in [0.25, 0.3) is 5.56 Å². The van der Waals surface area contributed by atoms with Crippen molar-refractivity contribution in [2.45, 2.75) is 27.3 Å². The summed E-state index contributed by atoms with van der Waals surface area (Å²) >= 11 is 13.3. The van der Waals surface area contributed by atoms with Gasteiger partial charge < -0.3 is 0 Å². The first-order chi connectivity index (χ1) is 14.5. The van der Waals surface area contributed by atoms with Crippen molar-refractivity contribution in [3.8, 4) is 0 Å². The molecular weight excluding hydrogens is 463 g/mol. The average Bonchev–Trinajstić information content (AvgIpc) is 2.95. The topological polar surface area (TPSA) is 39.1 Å². The zero-order valence-corrected chi connectivity index (χ0v) is 19.3. The highest BCUT2D eigenvalue weighted by Crippen LogP contribution is 2.20. The minimum Gasteiger partial charge on any atom is -0.294 e. The number of thiazole rings is 1. The zero-order chi connectivity index (χ0) is 22.9. The maximum Gasteiger partial charge on any atom is 0.269 e. The molecule has 1 heterocycles. The van der Waals surface area contributed by atoms with Gasteiger partial charge in [-0.1, -0.05) is 56.1 Å². The molecule has 3 nitrogen and oxygen atoms in total. The summed E-state index contributed by atoms with van der Waals surface area (Å²) in [7, 11) is 0. The van der Waals surface area contributed by atoms with Crippen LogP contribution in [0, 0.1) is 17.0 Å². The summed E-state index contributed by atoms with van der Waals surface area (Å²) in [4.78, 5) is 25.8. The predicted octanol–water partition coefficient (Wildman–Crippen LogP) is 4.77. The van der Waals surface area contributed by atoms with Crippen molar-refractivity contribution in [1.29, 1.82) is 0 Å². The molecule has 0 spiro atoms. The Morgan fingerprint density at radius 1 is 1.13 bits per heavy atom. The van der Waals surface area contributed by atoms with Crippen molar-refractivity contribution in [3.05, 3.63) is 88.8 Å². The van der Waals surface area contributed by atoms with Gasteiger partial charge in [0.05, 0.1) is 16.1 Å². The maximum absolute atomic E-state index is 14.2. The Labute approximate surface area is 191 Å². The number of Topliss-reactive ketones (excluding diaryl/α,β-unsaturated/α-hetero) is 1. The molecule has 0 aliphatic rings. The Morgan fingerprint density at radius 2 is 1.84 bits per heavy atom. The van der Waals surface area contributed by atoms with Crippen LogP contribution in [0.4, 0.5) is 8.78 Å². The minimum absolute atomic E-state index is 0.0244. The Kier molecular flexibility index (Phi) is 6.84. The number of ketones is 1. The molecule has 0 radical (unpaired) electrons. The lowest BCUT2D eigenvalue weighted by Crippen LogP contribution is -2.33. The summed E-state index contributed by atoms with van der Waals surface area (Å²) in [5.74, 6) is -1.24. The fourth-order valence-corrected chi connectivity index (χ4v) is 4.19. The standard InChI is InChI=1S/C23H19Cl2F2NO2S/c1-23(2,3)20(29)11-21-28(12-13-7-8-14(26)9-17(13)25)22(30)19(31-21)10-15-16(24)5-4-6-18(15)27/h4-11H,12H2,1-3H3/b19-10-,21-11-. The van der Waals surface area contributed by atoms with Crippen molar-refractivity contribution in [2.24, 2.45) is 5.41 Å². The number of rotatable bonds is 4. The molecule has 2 aromatic carbocycles. The zero-order valence-electron chi connectivity index (χ0n) is 17.0. The summed E-state index contributed by atoms with van der Waals surface area (Å²) in [5.41, 5.74) is -0.492. The van der Waals surface area contributed by atoms with Gasteiger partial charge in [-0.3, -0.25) is 14.2 Å². The minimum atomic E-state index is -0.656. The van der Waals surface area contributed by atoms with Crippen LogP contribution in [0.15, 0.2) is 41.2 Å². The van der Waals surface area contributed by atoms with Gasteiger partial charge in [-0.05, 0) is 35.9 Å². The first-order valence-corrected chi connectivity index (χ1v) is 10.9. The molecule has 0 saturated heterocycles. The molecule has 0 N–H and O–H groups in total. The van der Waals surface area contributed by atoms with Crippen molar-refractivity contribution in [1.82, 2.24) is 4.57 Å². The van der Waals surface area contributed by atoms with Gasteiger partial charge in [-0.25, -0.2) is 8.78 Å². The Hall–Kier alpha value is -2.28. The SMILES string of the molecule is CC(C)(C)C(=O)/C=c1\s/c(=C\c2c(F)cccc2Cl)c(=O)n1Cc1ccc(F)cc1Cl. The van der Waals surface area contributed by atoms with E-state index in [0.29, 0.717) is 10.2 Å². The lowest BCUT2D eigenvalue weighted by Gasteiger charge is -2.13. The van der Waals surface area contributed by atoms with E-state index < -0.39 is 22.6 Å². The molecule has 0 unspecified atom stereocenters. The van der Waals surface area contributed by atoms with E-state index in [1.54, 1.807) is 20.8 Å². The molecule has 0 bridgehead atoms. The molecule has 0 fully saturated rings. The van der Waals surface area contributed by atoms with Crippen molar-refractivity contribution < 1.29 is 13.6 Å². The Balaban J connectivity index is 2.25. The number of hydrogen-bond donors (Lipinski definition) is 0. The van der Waals surface area contributed by atoms with E-state index in [-0.39, 0.29) is 32.5 Å². The highest BCUT2D eigenvalue weighted by Gasteiger charge is 2.20. The summed E-state index contributed by atoms with van der Waals surface area (Å²) < 4.78 is 29.6. The normalized spacial score (nSPS) is 13.1. The first kappa shape index (κ1) is 23.4. The van der Waals surface area contributed by atoms with Gasteiger partial charge in [-0.2, -0.15) is 0 Å². The van der Waals surface area contributed by atoms with Crippen LogP contribution in [0.3, 0.4) is 0 Å².